The third kappa shape index (κ3) is 2.73. The summed E-state index contributed by atoms with van der Waals surface area (Å²) in [5.41, 5.74) is 9.97. The van der Waals surface area contributed by atoms with Crippen molar-refractivity contribution >= 4 is 34.0 Å². The summed E-state index contributed by atoms with van der Waals surface area (Å²) in [5, 5.41) is 9.68. The molecule has 4 aromatic heterocycles. The van der Waals surface area contributed by atoms with Crippen LogP contribution in [0.15, 0.2) is 49.1 Å². The predicted molar refractivity (Wildman–Crippen MR) is 119 cm³/mol. The van der Waals surface area contributed by atoms with Gasteiger partial charge in [0.1, 0.15) is 29.4 Å². The van der Waals surface area contributed by atoms with E-state index in [-0.39, 0.29) is 11.6 Å². The normalized spacial score (nSPS) is 13.6. The summed E-state index contributed by atoms with van der Waals surface area (Å²) in [6, 6.07) is 9.98. The van der Waals surface area contributed by atoms with Gasteiger partial charge in [0.05, 0.1) is 24.8 Å². The largest absolute Gasteiger partial charge is 0.383 e. The molecule has 1 aliphatic heterocycles. The first kappa shape index (κ1) is 18.4. The van der Waals surface area contributed by atoms with Crippen molar-refractivity contribution in [1.29, 1.82) is 0 Å². The molecule has 2 N–H and O–H groups in total. The number of nitrogens with zero attached hydrogens (tertiary/aromatic N) is 8. The van der Waals surface area contributed by atoms with Gasteiger partial charge >= 0.3 is 0 Å². The molecule has 0 unspecified atom stereocenters. The van der Waals surface area contributed by atoms with E-state index in [4.69, 9.17) is 10.7 Å². The molecular weight excluding hydrogens is 406 g/mol. The quantitative estimate of drug-likeness (QED) is 0.437. The number of nitrogen functional groups attached to an aromatic ring is 1. The molecule has 0 saturated heterocycles. The third-order valence-corrected chi connectivity index (χ3v) is 5.83. The van der Waals surface area contributed by atoms with Gasteiger partial charge in [-0.3, -0.25) is 9.78 Å². The fraction of sp³-hybridized carbons (Fsp3) is 0.182. The van der Waals surface area contributed by atoms with E-state index in [1.165, 1.54) is 17.8 Å². The molecule has 158 valence electrons. The van der Waals surface area contributed by atoms with E-state index in [1.807, 2.05) is 33.8 Å². The number of carbonyl (C=O) groups is 1. The predicted octanol–water partition coefficient (Wildman–Crippen LogP) is 2.34. The van der Waals surface area contributed by atoms with Crippen LogP contribution in [0.3, 0.4) is 0 Å². The summed E-state index contributed by atoms with van der Waals surface area (Å²) >= 11 is 0. The average molecular weight is 425 g/mol. The first-order valence-corrected chi connectivity index (χ1v) is 10.2. The average Bonchev–Trinajstić information content (AvgIpc) is 3.45. The van der Waals surface area contributed by atoms with E-state index < -0.39 is 0 Å². The van der Waals surface area contributed by atoms with Gasteiger partial charge in [0.2, 0.25) is 0 Å². The van der Waals surface area contributed by atoms with Crippen LogP contribution in [-0.4, -0.2) is 46.7 Å². The van der Waals surface area contributed by atoms with Gasteiger partial charge in [0.25, 0.3) is 0 Å². The molecule has 0 saturated carbocycles. The fourth-order valence-electron chi connectivity index (χ4n) is 4.23. The van der Waals surface area contributed by atoms with E-state index in [1.54, 1.807) is 12.4 Å². The van der Waals surface area contributed by atoms with Crippen molar-refractivity contribution in [3.8, 4) is 11.1 Å². The van der Waals surface area contributed by atoms with Gasteiger partial charge in [0, 0.05) is 29.3 Å². The number of pyridine rings is 1. The van der Waals surface area contributed by atoms with Crippen molar-refractivity contribution in [2.75, 3.05) is 17.2 Å². The number of benzene rings is 1. The highest BCUT2D eigenvalue weighted by Gasteiger charge is 2.27. The lowest BCUT2D eigenvalue weighted by molar-refractivity contribution is 0.101. The molecule has 0 amide bonds. The van der Waals surface area contributed by atoms with Gasteiger partial charge in [-0.25, -0.2) is 14.6 Å². The summed E-state index contributed by atoms with van der Waals surface area (Å²) in [6.45, 7) is 3.27. The van der Waals surface area contributed by atoms with E-state index >= 15 is 0 Å². The van der Waals surface area contributed by atoms with Crippen LogP contribution in [0.4, 0.5) is 11.6 Å². The van der Waals surface area contributed by atoms with Crippen LogP contribution in [0.25, 0.3) is 27.7 Å². The SMILES string of the molecule is CC(=O)c1c(N2CCn3ncnc3C2)nc2c(-c3cnc4ccccc4c3)cnn2c1N. The maximum Gasteiger partial charge on any atom is 0.167 e. The van der Waals surface area contributed by atoms with Gasteiger partial charge in [-0.15, -0.1) is 0 Å². The van der Waals surface area contributed by atoms with Gasteiger partial charge in [0.15, 0.2) is 11.4 Å². The Morgan fingerprint density at radius 3 is 2.84 bits per heavy atom. The van der Waals surface area contributed by atoms with Crippen molar-refractivity contribution in [3.05, 3.63) is 60.4 Å². The second kappa shape index (κ2) is 6.84. The van der Waals surface area contributed by atoms with Gasteiger partial charge < -0.3 is 10.6 Å². The number of rotatable bonds is 3. The molecule has 5 aromatic rings. The lowest BCUT2D eigenvalue weighted by Crippen LogP contribution is -2.36. The maximum atomic E-state index is 12.6. The summed E-state index contributed by atoms with van der Waals surface area (Å²) in [5.74, 6) is 1.46. The Balaban J connectivity index is 1.54. The first-order chi connectivity index (χ1) is 15.6. The number of hydrogen-bond donors (Lipinski definition) is 1. The van der Waals surface area contributed by atoms with Crippen LogP contribution in [0.1, 0.15) is 23.1 Å². The van der Waals surface area contributed by atoms with Crippen LogP contribution in [0.2, 0.25) is 0 Å². The molecule has 6 rings (SSSR count). The Kier molecular flexibility index (Phi) is 3.94. The van der Waals surface area contributed by atoms with Crippen LogP contribution < -0.4 is 10.6 Å². The number of para-hydroxylation sites is 1. The monoisotopic (exact) mass is 425 g/mol. The second-order valence-corrected chi connectivity index (χ2v) is 7.78. The third-order valence-electron chi connectivity index (χ3n) is 5.83. The van der Waals surface area contributed by atoms with Gasteiger partial charge in [-0.2, -0.15) is 14.7 Å². The molecule has 0 atom stereocenters. The molecule has 0 spiro atoms. The van der Waals surface area contributed by atoms with Crippen LogP contribution in [0.5, 0.6) is 0 Å². The molecule has 32 heavy (non-hydrogen) atoms. The Morgan fingerprint density at radius 2 is 1.97 bits per heavy atom. The van der Waals surface area contributed by atoms with E-state index in [0.29, 0.717) is 36.7 Å². The lowest BCUT2D eigenvalue weighted by atomic mass is 10.1. The molecule has 0 aliphatic carbocycles. The molecule has 1 aliphatic rings. The molecule has 0 radical (unpaired) electrons. The lowest BCUT2D eigenvalue weighted by Gasteiger charge is -2.29. The molecule has 5 heterocycles. The highest BCUT2D eigenvalue weighted by Crippen LogP contribution is 2.32. The number of carbonyl (C=O) groups excluding carboxylic acids is 1. The molecular formula is C22H19N9O. The summed E-state index contributed by atoms with van der Waals surface area (Å²) in [6.07, 6.45) is 5.06. The Morgan fingerprint density at radius 1 is 1.09 bits per heavy atom. The number of Topliss-reactive ketones (excluding diaryl/α,β-unsaturated/α-hetero) is 1. The number of hydrogen-bond acceptors (Lipinski definition) is 8. The first-order valence-electron chi connectivity index (χ1n) is 10.2. The smallest absolute Gasteiger partial charge is 0.167 e. The minimum Gasteiger partial charge on any atom is -0.383 e. The van der Waals surface area contributed by atoms with Crippen molar-refractivity contribution in [3.63, 3.8) is 0 Å². The summed E-state index contributed by atoms with van der Waals surface area (Å²) < 4.78 is 3.38. The molecule has 0 fully saturated rings. The van der Waals surface area contributed by atoms with Crippen molar-refractivity contribution in [2.45, 2.75) is 20.0 Å². The van der Waals surface area contributed by atoms with Crippen molar-refractivity contribution < 1.29 is 4.79 Å². The van der Waals surface area contributed by atoms with Crippen LogP contribution in [-0.2, 0) is 13.1 Å². The minimum absolute atomic E-state index is 0.164. The van der Waals surface area contributed by atoms with Gasteiger partial charge in [-0.1, -0.05) is 18.2 Å². The van der Waals surface area contributed by atoms with Crippen molar-refractivity contribution in [2.24, 2.45) is 0 Å². The topological polar surface area (TPSA) is 120 Å². The van der Waals surface area contributed by atoms with E-state index in [2.05, 4.69) is 26.2 Å². The highest BCUT2D eigenvalue weighted by atomic mass is 16.1. The maximum absolute atomic E-state index is 12.6. The summed E-state index contributed by atoms with van der Waals surface area (Å²) in [7, 11) is 0. The summed E-state index contributed by atoms with van der Waals surface area (Å²) in [4.78, 5) is 28.4. The Labute approximate surface area is 182 Å². The number of nitrogens with two attached hydrogens (primary N) is 1. The standard InChI is InChI=1S/C22H19N9O/c1-13(32)19-20(23)31-21(28-22(19)29-6-7-30-18(11-29)25-12-27-30)16(10-26-31)15-8-14-4-2-3-5-17(14)24-9-15/h2-5,8-10,12H,6-7,11,23H2,1H3. The number of ketones is 1. The Bertz CT molecular complexity index is 1520. The highest BCUT2D eigenvalue weighted by molar-refractivity contribution is 6.04. The Hall–Kier alpha value is -4.34. The molecule has 10 heteroatoms. The molecule has 1 aromatic carbocycles. The minimum atomic E-state index is -0.164. The number of fused-ring (bicyclic) bond motifs is 3. The molecule has 0 bridgehead atoms. The second-order valence-electron chi connectivity index (χ2n) is 7.78. The van der Waals surface area contributed by atoms with Crippen molar-refractivity contribution in [1.82, 2.24) is 34.3 Å². The van der Waals surface area contributed by atoms with E-state index in [9.17, 15) is 4.79 Å². The zero-order chi connectivity index (χ0) is 21.8. The zero-order valence-corrected chi connectivity index (χ0v) is 17.3. The van der Waals surface area contributed by atoms with E-state index in [0.717, 1.165) is 27.9 Å². The van der Waals surface area contributed by atoms with Crippen LogP contribution >= 0.6 is 0 Å². The zero-order valence-electron chi connectivity index (χ0n) is 17.3. The van der Waals surface area contributed by atoms with Crippen LogP contribution in [0, 0.1) is 0 Å². The molecule has 10 nitrogen and oxygen atoms in total. The number of anilines is 2. The number of aromatic nitrogens is 7. The van der Waals surface area contributed by atoms with Gasteiger partial charge in [-0.05, 0) is 19.1 Å². The fourth-order valence-corrected chi connectivity index (χ4v) is 4.23.